The first-order valence-corrected chi connectivity index (χ1v) is 11.2. The molecule has 0 aromatic rings. The van der Waals surface area contributed by atoms with Crippen molar-refractivity contribution in [2.45, 2.75) is 103 Å². The molecule has 30 heavy (non-hydrogen) atoms. The van der Waals surface area contributed by atoms with Crippen LogP contribution in [-0.2, 0) is 9.47 Å². The molecule has 2 aliphatic rings. The van der Waals surface area contributed by atoms with Crippen molar-refractivity contribution in [2.24, 2.45) is 23.3 Å². The number of hydrogen-bond donors (Lipinski definition) is 4. The predicted octanol–water partition coefficient (Wildman–Crippen LogP) is 3.28. The van der Waals surface area contributed by atoms with Crippen molar-refractivity contribution in [3.8, 4) is 0 Å². The molecule has 8 nitrogen and oxygen atoms in total. The Balaban J connectivity index is 0.000000300. The molecule has 4 atom stereocenters. The predicted molar refractivity (Wildman–Crippen MR) is 119 cm³/mol. The fourth-order valence-corrected chi connectivity index (χ4v) is 3.68. The Kier molecular flexibility index (Phi) is 10.4. The Morgan fingerprint density at radius 1 is 0.733 bits per heavy atom. The molecular formula is C22H44N4O4. The van der Waals surface area contributed by atoms with Crippen molar-refractivity contribution in [3.05, 3.63) is 0 Å². The highest BCUT2D eigenvalue weighted by Gasteiger charge is 2.24. The highest BCUT2D eigenvalue weighted by atomic mass is 16.6. The number of nitrogens with one attached hydrogen (secondary N) is 2. The van der Waals surface area contributed by atoms with Crippen LogP contribution in [0.4, 0.5) is 9.59 Å². The molecule has 8 heteroatoms. The summed E-state index contributed by atoms with van der Waals surface area (Å²) >= 11 is 0. The van der Waals surface area contributed by atoms with E-state index in [9.17, 15) is 9.59 Å². The molecule has 0 heterocycles. The zero-order valence-electron chi connectivity index (χ0n) is 19.8. The summed E-state index contributed by atoms with van der Waals surface area (Å²) in [5, 5.41) is 5.57. The number of rotatable bonds is 4. The van der Waals surface area contributed by atoms with Crippen molar-refractivity contribution >= 4 is 12.2 Å². The van der Waals surface area contributed by atoms with Gasteiger partial charge in [0.2, 0.25) is 0 Å². The number of carbonyl (C=O) groups is 2. The average molecular weight is 429 g/mol. The zero-order valence-corrected chi connectivity index (χ0v) is 19.8. The number of nitrogens with two attached hydrogens (primary N) is 2. The largest absolute Gasteiger partial charge is 0.444 e. The van der Waals surface area contributed by atoms with Gasteiger partial charge in [0.1, 0.15) is 11.2 Å². The summed E-state index contributed by atoms with van der Waals surface area (Å²) in [4.78, 5) is 22.7. The summed E-state index contributed by atoms with van der Waals surface area (Å²) in [5.41, 5.74) is 10.7. The lowest BCUT2D eigenvalue weighted by atomic mass is 10.1. The highest BCUT2D eigenvalue weighted by Crippen LogP contribution is 2.24. The van der Waals surface area contributed by atoms with Gasteiger partial charge >= 0.3 is 12.2 Å². The molecule has 0 unspecified atom stereocenters. The van der Waals surface area contributed by atoms with Crippen molar-refractivity contribution in [2.75, 3.05) is 13.1 Å². The maximum absolute atomic E-state index is 11.3. The first kappa shape index (κ1) is 26.5. The second-order valence-corrected chi connectivity index (χ2v) is 10.6. The van der Waals surface area contributed by atoms with Gasteiger partial charge in [0.05, 0.1) is 0 Å². The third kappa shape index (κ3) is 12.9. The lowest BCUT2D eigenvalue weighted by Gasteiger charge is -2.20. The van der Waals surface area contributed by atoms with E-state index in [1.165, 1.54) is 0 Å². The van der Waals surface area contributed by atoms with Crippen LogP contribution in [0.5, 0.6) is 0 Å². The normalized spacial score (nSPS) is 26.4. The molecule has 0 saturated heterocycles. The summed E-state index contributed by atoms with van der Waals surface area (Å²) in [6.45, 7) is 12.5. The quantitative estimate of drug-likeness (QED) is 0.544. The average Bonchev–Trinajstić information content (AvgIpc) is 3.17. The minimum absolute atomic E-state index is 0.315. The second kappa shape index (κ2) is 11.7. The number of ether oxygens (including phenoxy) is 2. The number of carbonyl (C=O) groups excluding carboxylic acids is 2. The second-order valence-electron chi connectivity index (χ2n) is 10.6. The van der Waals surface area contributed by atoms with Gasteiger partial charge in [0, 0.05) is 25.2 Å². The maximum Gasteiger partial charge on any atom is 0.407 e. The number of hydrogen-bond acceptors (Lipinski definition) is 6. The Labute approximate surface area is 182 Å². The Morgan fingerprint density at radius 2 is 1.07 bits per heavy atom. The molecule has 2 rings (SSSR count). The molecule has 2 saturated carbocycles. The van der Waals surface area contributed by atoms with E-state index in [0.717, 1.165) is 38.5 Å². The summed E-state index contributed by atoms with van der Waals surface area (Å²) in [7, 11) is 0. The molecule has 6 N–H and O–H groups in total. The van der Waals surface area contributed by atoms with Crippen molar-refractivity contribution in [1.82, 2.24) is 10.6 Å². The van der Waals surface area contributed by atoms with Gasteiger partial charge < -0.3 is 31.6 Å². The first-order chi connectivity index (χ1) is 13.7. The molecule has 0 aromatic heterocycles. The van der Waals surface area contributed by atoms with Crippen LogP contribution in [0, 0.1) is 11.8 Å². The smallest absolute Gasteiger partial charge is 0.407 e. The van der Waals surface area contributed by atoms with E-state index in [-0.39, 0.29) is 12.2 Å². The van der Waals surface area contributed by atoms with Crippen LogP contribution in [-0.4, -0.2) is 48.6 Å². The van der Waals surface area contributed by atoms with Crippen LogP contribution in [0.3, 0.4) is 0 Å². The van der Waals surface area contributed by atoms with Crippen LogP contribution in [0.1, 0.15) is 80.1 Å². The summed E-state index contributed by atoms with van der Waals surface area (Å²) < 4.78 is 10.3. The third-order valence-corrected chi connectivity index (χ3v) is 5.03. The van der Waals surface area contributed by atoms with E-state index in [4.69, 9.17) is 20.9 Å². The van der Waals surface area contributed by atoms with Crippen LogP contribution in [0.25, 0.3) is 0 Å². The minimum atomic E-state index is -0.420. The van der Waals surface area contributed by atoms with E-state index in [1.54, 1.807) is 0 Å². The minimum Gasteiger partial charge on any atom is -0.444 e. The monoisotopic (exact) mass is 428 g/mol. The number of alkyl carbamates (subject to hydrolysis) is 2. The molecule has 2 fully saturated rings. The van der Waals surface area contributed by atoms with Crippen LogP contribution >= 0.6 is 0 Å². The van der Waals surface area contributed by atoms with Gasteiger partial charge in [-0.1, -0.05) is 0 Å². The molecular weight excluding hydrogens is 384 g/mol. The van der Waals surface area contributed by atoms with Gasteiger partial charge in [-0.3, -0.25) is 0 Å². The molecule has 176 valence electrons. The van der Waals surface area contributed by atoms with Crippen molar-refractivity contribution in [1.29, 1.82) is 0 Å². The standard InChI is InChI=1S/2C11H22N2O2/c2*1-11(2,3)15-10(14)13-7-8-4-5-9(12)6-8/h2*8-9H,4-7,12H2,1-3H3,(H,13,14)/t2*8-,9+/m10/s1. The van der Waals surface area contributed by atoms with Crippen LogP contribution in [0.2, 0.25) is 0 Å². The van der Waals surface area contributed by atoms with E-state index in [1.807, 2.05) is 41.5 Å². The van der Waals surface area contributed by atoms with Gasteiger partial charge in [-0.2, -0.15) is 0 Å². The molecule has 0 aromatic carbocycles. The van der Waals surface area contributed by atoms with Crippen molar-refractivity contribution < 1.29 is 19.1 Å². The molecule has 2 amide bonds. The van der Waals surface area contributed by atoms with Crippen LogP contribution in [0.15, 0.2) is 0 Å². The van der Waals surface area contributed by atoms with E-state index >= 15 is 0 Å². The Hall–Kier alpha value is -1.54. The van der Waals surface area contributed by atoms with Gasteiger partial charge in [-0.05, 0) is 91.9 Å². The topological polar surface area (TPSA) is 129 Å². The lowest BCUT2D eigenvalue weighted by molar-refractivity contribution is 0.0508. The fourth-order valence-electron chi connectivity index (χ4n) is 3.68. The lowest BCUT2D eigenvalue weighted by Crippen LogP contribution is -2.35. The van der Waals surface area contributed by atoms with Gasteiger partial charge in [-0.25, -0.2) is 9.59 Å². The number of amides is 2. The fraction of sp³-hybridized carbons (Fsp3) is 0.909. The molecule has 0 spiro atoms. The Morgan fingerprint density at radius 3 is 1.30 bits per heavy atom. The first-order valence-electron chi connectivity index (χ1n) is 11.2. The van der Waals surface area contributed by atoms with E-state index in [0.29, 0.717) is 37.0 Å². The van der Waals surface area contributed by atoms with Crippen molar-refractivity contribution in [3.63, 3.8) is 0 Å². The molecule has 0 aliphatic heterocycles. The third-order valence-electron chi connectivity index (χ3n) is 5.03. The summed E-state index contributed by atoms with van der Waals surface area (Å²) in [5.74, 6) is 1.04. The van der Waals surface area contributed by atoms with Gasteiger partial charge in [0.15, 0.2) is 0 Å². The van der Waals surface area contributed by atoms with Gasteiger partial charge in [-0.15, -0.1) is 0 Å². The maximum atomic E-state index is 11.3. The zero-order chi connectivity index (χ0) is 22.9. The van der Waals surface area contributed by atoms with E-state index in [2.05, 4.69) is 10.6 Å². The summed E-state index contributed by atoms with van der Waals surface area (Å²) in [6, 6.07) is 0.630. The molecule has 0 bridgehead atoms. The SMILES string of the molecule is CC(C)(C)OC(=O)NC[C@@H]1CC[C@H](N)C1.CC(C)(C)OC(=O)NC[C@H]1CC[C@@H](N)C1. The highest BCUT2D eigenvalue weighted by molar-refractivity contribution is 5.68. The molecule has 2 aliphatic carbocycles. The summed E-state index contributed by atoms with van der Waals surface area (Å²) in [6.07, 6.45) is 5.71. The van der Waals surface area contributed by atoms with E-state index < -0.39 is 11.2 Å². The Bertz CT molecular complexity index is 494. The van der Waals surface area contributed by atoms with Gasteiger partial charge in [0.25, 0.3) is 0 Å². The van der Waals surface area contributed by atoms with Crippen LogP contribution < -0.4 is 22.1 Å². The molecule has 0 radical (unpaired) electrons.